The van der Waals surface area contributed by atoms with E-state index in [1.165, 1.54) is 88.1 Å². The molecule has 0 atom stereocenters. The normalized spacial score (nSPS) is 12.9. The molecule has 8 aromatic carbocycles. The van der Waals surface area contributed by atoms with E-state index >= 15 is 0 Å². The van der Waals surface area contributed by atoms with Crippen molar-refractivity contribution in [3.05, 3.63) is 192 Å². The minimum absolute atomic E-state index is 0.0392. The van der Waals surface area contributed by atoms with Gasteiger partial charge in [0.2, 0.25) is 0 Å². The molecule has 0 radical (unpaired) electrons. The Labute approximate surface area is 318 Å². The SMILES string of the molecule is [Br][Ni][Br].c1ccc2c(c1)-c1ccccc1C2Nc1ccc2ccccc2c1-c1c(NC2c3ccccc3-c3ccccc32)ccc2ccccc12. The number of benzene rings is 8. The maximum atomic E-state index is 4.10. The average molecular weight is 831 g/mol. The minimum Gasteiger partial charge on any atom is -0.374 e. The molecule has 51 heavy (non-hydrogen) atoms. The van der Waals surface area contributed by atoms with E-state index in [4.69, 9.17) is 0 Å². The van der Waals surface area contributed by atoms with Gasteiger partial charge < -0.3 is 10.6 Å². The Morgan fingerprint density at radius 2 is 0.647 bits per heavy atom. The van der Waals surface area contributed by atoms with E-state index in [1.807, 2.05) is 0 Å². The number of rotatable bonds is 5. The van der Waals surface area contributed by atoms with E-state index in [2.05, 4.69) is 209 Å². The first kappa shape index (κ1) is 32.3. The largest absolute Gasteiger partial charge is 0.374 e. The molecule has 2 N–H and O–H groups in total. The third-order valence-corrected chi connectivity index (χ3v) is 10.4. The maximum Gasteiger partial charge on any atom is 0.0779 e. The number of halogens is 2. The van der Waals surface area contributed by atoms with Gasteiger partial charge in [0.1, 0.15) is 0 Å². The van der Waals surface area contributed by atoms with Crippen molar-refractivity contribution in [3.8, 4) is 33.4 Å². The van der Waals surface area contributed by atoms with Crippen LogP contribution in [0, 0.1) is 0 Å². The first-order chi connectivity index (χ1) is 25.2. The van der Waals surface area contributed by atoms with E-state index in [-0.39, 0.29) is 12.1 Å². The van der Waals surface area contributed by atoms with Crippen molar-refractivity contribution in [2.45, 2.75) is 12.1 Å². The third-order valence-electron chi connectivity index (χ3n) is 10.4. The summed E-state index contributed by atoms with van der Waals surface area (Å²) < 4.78 is 0. The van der Waals surface area contributed by atoms with E-state index in [1.54, 1.807) is 0 Å². The molecule has 0 amide bonds. The summed E-state index contributed by atoms with van der Waals surface area (Å²) in [5, 5.41) is 13.1. The number of nitrogens with one attached hydrogen (secondary N) is 2. The quantitative estimate of drug-likeness (QED) is 0.169. The van der Waals surface area contributed by atoms with Crippen molar-refractivity contribution >= 4 is 61.4 Å². The molecule has 2 aliphatic rings. The van der Waals surface area contributed by atoms with Crippen molar-refractivity contribution < 1.29 is 10.9 Å². The molecule has 0 fully saturated rings. The van der Waals surface area contributed by atoms with Crippen LogP contribution in [-0.2, 0) is 10.9 Å². The molecule has 5 heteroatoms. The second-order valence-electron chi connectivity index (χ2n) is 13.0. The number of fused-ring (bicyclic) bond motifs is 8. The number of hydrogen-bond donors (Lipinski definition) is 2. The van der Waals surface area contributed by atoms with Gasteiger partial charge in [0, 0.05) is 22.5 Å². The zero-order valence-corrected chi connectivity index (χ0v) is 31.6. The Hall–Kier alpha value is -4.67. The summed E-state index contributed by atoms with van der Waals surface area (Å²) in [6, 6.07) is 62.1. The Morgan fingerprint density at radius 1 is 0.353 bits per heavy atom. The van der Waals surface area contributed by atoms with Crippen LogP contribution in [0.15, 0.2) is 170 Å². The molecular formula is C46H32Br2N2Ni. The smallest absolute Gasteiger partial charge is 0.0779 e. The van der Waals surface area contributed by atoms with Gasteiger partial charge >= 0.3 is 39.3 Å². The molecule has 250 valence electrons. The van der Waals surface area contributed by atoms with Crippen molar-refractivity contribution in [1.29, 1.82) is 0 Å². The van der Waals surface area contributed by atoms with E-state index in [0.29, 0.717) is 0 Å². The second kappa shape index (κ2) is 13.8. The van der Waals surface area contributed by atoms with Gasteiger partial charge in [-0.05, 0) is 78.2 Å². The van der Waals surface area contributed by atoms with Gasteiger partial charge in [-0.25, -0.2) is 0 Å². The molecule has 2 aliphatic carbocycles. The van der Waals surface area contributed by atoms with Crippen LogP contribution in [0.4, 0.5) is 11.4 Å². The first-order valence-corrected chi connectivity index (χ1v) is 21.9. The number of hydrogen-bond acceptors (Lipinski definition) is 2. The van der Waals surface area contributed by atoms with Crippen LogP contribution in [0.1, 0.15) is 34.3 Å². The van der Waals surface area contributed by atoms with Gasteiger partial charge in [-0.3, -0.25) is 0 Å². The van der Waals surface area contributed by atoms with Crippen molar-refractivity contribution in [2.75, 3.05) is 10.6 Å². The Bertz CT molecular complexity index is 2310. The van der Waals surface area contributed by atoms with E-state index in [9.17, 15) is 0 Å². The zero-order valence-electron chi connectivity index (χ0n) is 27.4. The summed E-state index contributed by atoms with van der Waals surface area (Å²) >= 11 is 6.00. The molecule has 0 bridgehead atoms. The van der Waals surface area contributed by atoms with Crippen LogP contribution in [0.25, 0.3) is 54.9 Å². The van der Waals surface area contributed by atoms with Crippen LogP contribution in [0.5, 0.6) is 0 Å². The summed E-state index contributed by atoms with van der Waals surface area (Å²) in [5.41, 5.74) is 15.1. The Kier molecular flexibility index (Phi) is 8.73. The summed E-state index contributed by atoms with van der Waals surface area (Å²) in [7, 11) is 1.25. The Balaban J connectivity index is 0.00000112. The summed E-state index contributed by atoms with van der Waals surface area (Å²) in [4.78, 5) is 0. The second-order valence-corrected chi connectivity index (χ2v) is 18.0. The minimum atomic E-state index is 0.0392. The van der Waals surface area contributed by atoms with Crippen LogP contribution >= 0.6 is 28.5 Å². The van der Waals surface area contributed by atoms with E-state index < -0.39 is 0 Å². The fourth-order valence-electron chi connectivity index (χ4n) is 8.26. The summed E-state index contributed by atoms with van der Waals surface area (Å²) in [6.07, 6.45) is 0. The molecular weight excluding hydrogens is 799 g/mol. The van der Waals surface area contributed by atoms with Gasteiger partial charge in [0.15, 0.2) is 0 Å². The fourth-order valence-corrected chi connectivity index (χ4v) is 8.26. The monoisotopic (exact) mass is 828 g/mol. The van der Waals surface area contributed by atoms with Gasteiger partial charge in [0.25, 0.3) is 0 Å². The summed E-state index contributed by atoms with van der Waals surface area (Å²) in [5.74, 6) is 0. The molecule has 0 heterocycles. The van der Waals surface area contributed by atoms with Gasteiger partial charge in [-0.2, -0.15) is 0 Å². The molecule has 10 rings (SSSR count). The van der Waals surface area contributed by atoms with Gasteiger partial charge in [-0.15, -0.1) is 0 Å². The van der Waals surface area contributed by atoms with Crippen LogP contribution in [0.2, 0.25) is 0 Å². The van der Waals surface area contributed by atoms with E-state index in [0.717, 1.165) is 11.4 Å². The van der Waals surface area contributed by atoms with Crippen molar-refractivity contribution in [1.82, 2.24) is 0 Å². The molecule has 2 nitrogen and oxygen atoms in total. The molecule has 0 aliphatic heterocycles. The van der Waals surface area contributed by atoms with Gasteiger partial charge in [-0.1, -0.05) is 158 Å². The standard InChI is InChI=1S/C46H32N2.2BrH.Ni/c1-3-15-31-29(13-1)25-27-41(47-45-37-21-9-5-17-33(37)34-18-6-10-22-38(34)45)43(31)44-32-16-4-2-14-30(32)26-28-42(44)48-46-39-23-11-7-19-35(39)36-20-8-12-24-40(36)46;;;/h1-28,45-48H;2*1H;/q;;;+2/p-2. The Morgan fingerprint density at radius 3 is 1.00 bits per heavy atom. The predicted molar refractivity (Wildman–Crippen MR) is 219 cm³/mol. The topological polar surface area (TPSA) is 24.1 Å². The fraction of sp³-hybridized carbons (Fsp3) is 0.0435. The molecule has 0 saturated heterocycles. The average Bonchev–Trinajstić information content (AvgIpc) is 3.67. The molecule has 0 spiro atoms. The van der Waals surface area contributed by atoms with Crippen molar-refractivity contribution in [3.63, 3.8) is 0 Å². The number of anilines is 2. The molecule has 8 aromatic rings. The molecule has 0 aromatic heterocycles. The summed E-state index contributed by atoms with van der Waals surface area (Å²) in [6.45, 7) is 0. The predicted octanol–water partition coefficient (Wildman–Crippen LogP) is 13.7. The molecule has 0 unspecified atom stereocenters. The zero-order chi connectivity index (χ0) is 34.3. The first-order valence-electron chi connectivity index (χ1n) is 17.0. The van der Waals surface area contributed by atoms with Crippen LogP contribution < -0.4 is 10.6 Å². The van der Waals surface area contributed by atoms with Crippen molar-refractivity contribution in [2.24, 2.45) is 0 Å². The maximum absolute atomic E-state index is 4.10. The van der Waals surface area contributed by atoms with Crippen LogP contribution in [-0.4, -0.2) is 0 Å². The third kappa shape index (κ3) is 5.60. The van der Waals surface area contributed by atoms with Gasteiger partial charge in [0.05, 0.1) is 12.1 Å². The van der Waals surface area contributed by atoms with Crippen LogP contribution in [0.3, 0.4) is 0 Å². The molecule has 0 saturated carbocycles.